The Kier molecular flexibility index (Phi) is 4.32. The molecule has 1 aliphatic heterocycles. The fourth-order valence-electron chi connectivity index (χ4n) is 3.62. The second-order valence-electron chi connectivity index (χ2n) is 8.41. The summed E-state index contributed by atoms with van der Waals surface area (Å²) in [7, 11) is 0. The van der Waals surface area contributed by atoms with Gasteiger partial charge in [0, 0.05) is 30.6 Å². The second-order valence-corrected chi connectivity index (χ2v) is 8.41. The monoisotopic (exact) mass is 370 g/mol. The molecule has 4 rings (SSSR count). The van der Waals surface area contributed by atoms with Crippen LogP contribution in [0, 0.1) is 0 Å². The normalized spacial score (nSPS) is 20.1. The first-order valence-electron chi connectivity index (χ1n) is 9.52. The Hall–Kier alpha value is -2.57. The van der Waals surface area contributed by atoms with Crippen molar-refractivity contribution in [2.45, 2.75) is 57.7 Å². The molecule has 3 heterocycles. The minimum Gasteiger partial charge on any atom is -0.493 e. The number of rotatable bonds is 3. The lowest BCUT2D eigenvalue weighted by atomic mass is 10.2. The molecule has 0 aromatic carbocycles. The van der Waals surface area contributed by atoms with Gasteiger partial charge in [-0.2, -0.15) is 0 Å². The Morgan fingerprint density at radius 2 is 2.04 bits per heavy atom. The zero-order valence-corrected chi connectivity index (χ0v) is 16.1. The zero-order valence-electron chi connectivity index (χ0n) is 16.1. The average Bonchev–Trinajstić information content (AvgIpc) is 3.29. The zero-order chi connectivity index (χ0) is 19.2. The van der Waals surface area contributed by atoms with Gasteiger partial charge in [0.2, 0.25) is 5.88 Å². The molecule has 1 amide bonds. The van der Waals surface area contributed by atoms with Crippen molar-refractivity contribution in [3.63, 3.8) is 0 Å². The number of hydrogen-bond acceptors (Lipinski definition) is 6. The molecular formula is C20H26N4O3. The standard InChI is InChI=1S/C20H26N4O3/c1-20(2,3)27-19(26)24(14-5-6-14)15-8-9-23(12-15)17-10-13-4-7-18(25)22-16(13)11-21-17/h4,7,10-11,14-15H,5-6,8-9,12H2,1-3H3,(H,22,25)/t15-/m1/s1. The van der Waals surface area contributed by atoms with Gasteiger partial charge in [-0.05, 0) is 52.2 Å². The molecule has 1 aliphatic carbocycles. The van der Waals surface area contributed by atoms with Crippen molar-refractivity contribution in [3.05, 3.63) is 24.4 Å². The molecule has 7 nitrogen and oxygen atoms in total. The average molecular weight is 370 g/mol. The summed E-state index contributed by atoms with van der Waals surface area (Å²) >= 11 is 0. The first-order chi connectivity index (χ1) is 12.8. The van der Waals surface area contributed by atoms with Crippen molar-refractivity contribution in [1.82, 2.24) is 14.9 Å². The van der Waals surface area contributed by atoms with Crippen LogP contribution in [0.25, 0.3) is 10.9 Å². The van der Waals surface area contributed by atoms with E-state index < -0.39 is 5.60 Å². The number of carbonyl (C=O) groups is 1. The van der Waals surface area contributed by atoms with Gasteiger partial charge in [0.15, 0.2) is 0 Å². The van der Waals surface area contributed by atoms with E-state index in [9.17, 15) is 9.90 Å². The minimum atomic E-state index is -0.485. The van der Waals surface area contributed by atoms with E-state index in [0.717, 1.165) is 43.6 Å². The molecular weight excluding hydrogens is 344 g/mol. The highest BCUT2D eigenvalue weighted by molar-refractivity contribution is 5.81. The lowest BCUT2D eigenvalue weighted by Crippen LogP contribution is -2.46. The fraction of sp³-hybridized carbons (Fsp3) is 0.550. The van der Waals surface area contributed by atoms with Crippen molar-refractivity contribution in [2.75, 3.05) is 18.0 Å². The third-order valence-electron chi connectivity index (χ3n) is 4.97. The van der Waals surface area contributed by atoms with E-state index in [2.05, 4.69) is 14.9 Å². The largest absolute Gasteiger partial charge is 0.493 e. The van der Waals surface area contributed by atoms with Crippen LogP contribution in [0.3, 0.4) is 0 Å². The Morgan fingerprint density at radius 1 is 1.26 bits per heavy atom. The van der Waals surface area contributed by atoms with Crippen molar-refractivity contribution in [3.8, 4) is 5.88 Å². The number of fused-ring (bicyclic) bond motifs is 1. The van der Waals surface area contributed by atoms with Gasteiger partial charge in [-0.3, -0.25) is 0 Å². The van der Waals surface area contributed by atoms with Gasteiger partial charge >= 0.3 is 6.09 Å². The van der Waals surface area contributed by atoms with Crippen molar-refractivity contribution in [2.24, 2.45) is 0 Å². The molecule has 2 fully saturated rings. The molecule has 27 heavy (non-hydrogen) atoms. The van der Waals surface area contributed by atoms with Crippen LogP contribution in [0.5, 0.6) is 5.88 Å². The van der Waals surface area contributed by atoms with E-state index in [-0.39, 0.29) is 18.0 Å². The van der Waals surface area contributed by atoms with Crippen LogP contribution in [-0.4, -0.2) is 56.8 Å². The van der Waals surface area contributed by atoms with Gasteiger partial charge in [0.05, 0.1) is 17.8 Å². The lowest BCUT2D eigenvalue weighted by Gasteiger charge is -2.31. The first kappa shape index (κ1) is 17.8. The molecule has 0 spiro atoms. The van der Waals surface area contributed by atoms with Crippen LogP contribution < -0.4 is 4.90 Å². The topological polar surface area (TPSA) is 78.8 Å². The molecule has 0 bridgehead atoms. The summed E-state index contributed by atoms with van der Waals surface area (Å²) in [5.41, 5.74) is 0.184. The van der Waals surface area contributed by atoms with E-state index >= 15 is 0 Å². The van der Waals surface area contributed by atoms with E-state index in [0.29, 0.717) is 11.6 Å². The third kappa shape index (κ3) is 3.91. The van der Waals surface area contributed by atoms with E-state index in [1.807, 2.05) is 37.8 Å². The molecule has 0 unspecified atom stereocenters. The molecule has 0 radical (unpaired) electrons. The van der Waals surface area contributed by atoms with Crippen molar-refractivity contribution < 1.29 is 14.6 Å². The molecule has 2 aromatic heterocycles. The summed E-state index contributed by atoms with van der Waals surface area (Å²) in [5, 5.41) is 10.4. The molecule has 2 aromatic rings. The van der Waals surface area contributed by atoms with Crippen LogP contribution in [-0.2, 0) is 4.74 Å². The highest BCUT2D eigenvalue weighted by atomic mass is 16.6. The Bertz CT molecular complexity index is 860. The van der Waals surface area contributed by atoms with Gasteiger partial charge in [-0.15, -0.1) is 0 Å². The van der Waals surface area contributed by atoms with Crippen molar-refractivity contribution in [1.29, 1.82) is 0 Å². The van der Waals surface area contributed by atoms with Gasteiger partial charge in [-0.1, -0.05) is 0 Å². The number of aromatic nitrogens is 2. The quantitative estimate of drug-likeness (QED) is 0.893. The van der Waals surface area contributed by atoms with Gasteiger partial charge in [0.1, 0.15) is 11.4 Å². The smallest absolute Gasteiger partial charge is 0.410 e. The third-order valence-corrected chi connectivity index (χ3v) is 4.97. The SMILES string of the molecule is CC(C)(C)OC(=O)N(C1CC1)[C@@H]1CCN(c2cc3ccc(O)nc3cn2)C1. The molecule has 1 atom stereocenters. The number of anilines is 1. The van der Waals surface area contributed by atoms with Gasteiger partial charge < -0.3 is 19.6 Å². The maximum atomic E-state index is 12.7. The Labute approximate surface area is 159 Å². The predicted octanol–water partition coefficient (Wildman–Crippen LogP) is 3.31. The summed E-state index contributed by atoms with van der Waals surface area (Å²) in [6.07, 6.45) is 4.49. The summed E-state index contributed by atoms with van der Waals surface area (Å²) in [6, 6.07) is 5.85. The number of pyridine rings is 2. The molecule has 7 heteroatoms. The van der Waals surface area contributed by atoms with Gasteiger partial charge in [0.25, 0.3) is 0 Å². The number of ether oxygens (including phenoxy) is 1. The van der Waals surface area contributed by atoms with E-state index in [4.69, 9.17) is 4.74 Å². The maximum Gasteiger partial charge on any atom is 0.410 e. The number of carbonyl (C=O) groups excluding carboxylic acids is 1. The van der Waals surface area contributed by atoms with E-state index in [1.54, 1.807) is 12.3 Å². The molecule has 1 N–H and O–H groups in total. The molecule has 144 valence electrons. The first-order valence-corrected chi connectivity index (χ1v) is 9.52. The lowest BCUT2D eigenvalue weighted by molar-refractivity contribution is 0.0158. The predicted molar refractivity (Wildman–Crippen MR) is 103 cm³/mol. The Morgan fingerprint density at radius 3 is 2.74 bits per heavy atom. The Balaban J connectivity index is 1.50. The molecule has 2 aliphatic rings. The highest BCUT2D eigenvalue weighted by Crippen LogP contribution is 2.34. The number of amides is 1. The maximum absolute atomic E-state index is 12.7. The molecule has 1 saturated carbocycles. The molecule has 1 saturated heterocycles. The summed E-state index contributed by atoms with van der Waals surface area (Å²) in [6.45, 7) is 7.31. The summed E-state index contributed by atoms with van der Waals surface area (Å²) in [4.78, 5) is 25.5. The highest BCUT2D eigenvalue weighted by Gasteiger charge is 2.42. The summed E-state index contributed by atoms with van der Waals surface area (Å²) in [5.74, 6) is 0.869. The van der Waals surface area contributed by atoms with Crippen LogP contribution in [0.4, 0.5) is 10.6 Å². The van der Waals surface area contributed by atoms with Crippen molar-refractivity contribution >= 4 is 22.8 Å². The fourth-order valence-corrected chi connectivity index (χ4v) is 3.62. The number of aromatic hydroxyl groups is 1. The van der Waals surface area contributed by atoms with Gasteiger partial charge in [-0.25, -0.2) is 14.8 Å². The van der Waals surface area contributed by atoms with Crippen LogP contribution in [0.2, 0.25) is 0 Å². The van der Waals surface area contributed by atoms with Crippen LogP contribution in [0.15, 0.2) is 24.4 Å². The summed E-state index contributed by atoms with van der Waals surface area (Å²) < 4.78 is 5.64. The van der Waals surface area contributed by atoms with Crippen LogP contribution in [0.1, 0.15) is 40.0 Å². The number of hydrogen-bond donors (Lipinski definition) is 1. The van der Waals surface area contributed by atoms with Crippen LogP contribution >= 0.6 is 0 Å². The number of nitrogens with zero attached hydrogens (tertiary/aromatic N) is 4. The van der Waals surface area contributed by atoms with E-state index in [1.165, 1.54) is 0 Å². The minimum absolute atomic E-state index is 0.00396. The second kappa shape index (κ2) is 6.55.